The molecule has 0 aliphatic heterocycles. The van der Waals surface area contributed by atoms with Crippen LogP contribution in [0.15, 0.2) is 48.5 Å². The third-order valence-electron chi connectivity index (χ3n) is 5.86. The maximum Gasteiger partial charge on any atom is 0.168 e. The van der Waals surface area contributed by atoms with Gasteiger partial charge in [0, 0.05) is 31.5 Å². The SMILES string of the molecule is CCOC1(OCC)CCC2(CC1)c1ccccc1-c1ccccc12. The van der Waals surface area contributed by atoms with Crippen LogP contribution in [-0.2, 0) is 14.9 Å². The van der Waals surface area contributed by atoms with E-state index >= 15 is 0 Å². The molecule has 126 valence electrons. The highest BCUT2D eigenvalue weighted by molar-refractivity contribution is 5.81. The summed E-state index contributed by atoms with van der Waals surface area (Å²) in [5.41, 5.74) is 5.94. The van der Waals surface area contributed by atoms with Gasteiger partial charge in [-0.25, -0.2) is 0 Å². The van der Waals surface area contributed by atoms with E-state index in [-0.39, 0.29) is 11.2 Å². The van der Waals surface area contributed by atoms with Crippen molar-refractivity contribution in [3.8, 4) is 11.1 Å². The average molecular weight is 322 g/mol. The van der Waals surface area contributed by atoms with Gasteiger partial charge >= 0.3 is 0 Å². The Morgan fingerprint density at radius 2 is 1.17 bits per heavy atom. The molecule has 24 heavy (non-hydrogen) atoms. The highest BCUT2D eigenvalue weighted by atomic mass is 16.7. The van der Waals surface area contributed by atoms with Gasteiger partial charge in [0.05, 0.1) is 0 Å². The lowest BCUT2D eigenvalue weighted by molar-refractivity contribution is -0.252. The van der Waals surface area contributed by atoms with Crippen LogP contribution in [0.25, 0.3) is 11.1 Å². The second-order valence-corrected chi connectivity index (χ2v) is 6.95. The zero-order chi connectivity index (χ0) is 16.6. The molecule has 0 heterocycles. The number of benzene rings is 2. The molecule has 2 aromatic rings. The number of ether oxygens (including phenoxy) is 2. The van der Waals surface area contributed by atoms with Crippen LogP contribution < -0.4 is 0 Å². The molecular weight excluding hydrogens is 296 g/mol. The standard InChI is InChI=1S/C22H26O2/c1-3-23-22(24-4-2)15-13-21(14-16-22)19-11-7-5-9-17(19)18-10-6-8-12-20(18)21/h5-12H,3-4,13-16H2,1-2H3. The molecule has 2 heteroatoms. The normalized spacial score (nSPS) is 19.9. The molecule has 2 aliphatic carbocycles. The van der Waals surface area contributed by atoms with Gasteiger partial charge in [0.1, 0.15) is 0 Å². The largest absolute Gasteiger partial charge is 0.350 e. The zero-order valence-electron chi connectivity index (χ0n) is 14.7. The summed E-state index contributed by atoms with van der Waals surface area (Å²) in [6.45, 7) is 5.54. The Labute approximate surface area is 144 Å². The van der Waals surface area contributed by atoms with Gasteiger partial charge in [0.25, 0.3) is 0 Å². The monoisotopic (exact) mass is 322 g/mol. The number of hydrogen-bond donors (Lipinski definition) is 0. The van der Waals surface area contributed by atoms with Crippen LogP contribution in [0.4, 0.5) is 0 Å². The predicted molar refractivity (Wildman–Crippen MR) is 97.1 cm³/mol. The van der Waals surface area contributed by atoms with Gasteiger partial charge in [-0.15, -0.1) is 0 Å². The van der Waals surface area contributed by atoms with Crippen LogP contribution in [0.1, 0.15) is 50.7 Å². The summed E-state index contributed by atoms with van der Waals surface area (Å²) in [5.74, 6) is -0.388. The second-order valence-electron chi connectivity index (χ2n) is 6.95. The molecule has 2 aromatic carbocycles. The molecular formula is C22H26O2. The molecule has 0 atom stereocenters. The van der Waals surface area contributed by atoms with E-state index in [1.165, 1.54) is 22.3 Å². The van der Waals surface area contributed by atoms with Gasteiger partial charge in [-0.2, -0.15) is 0 Å². The molecule has 0 unspecified atom stereocenters. The van der Waals surface area contributed by atoms with Crippen LogP contribution in [0.2, 0.25) is 0 Å². The number of rotatable bonds is 4. The van der Waals surface area contributed by atoms with E-state index < -0.39 is 0 Å². The minimum absolute atomic E-state index is 0.130. The maximum atomic E-state index is 6.07. The third-order valence-corrected chi connectivity index (χ3v) is 5.86. The molecule has 0 N–H and O–H groups in total. The Kier molecular flexibility index (Phi) is 3.98. The molecule has 4 rings (SSSR count). The van der Waals surface area contributed by atoms with E-state index in [1.54, 1.807) is 0 Å². The van der Waals surface area contributed by atoms with E-state index in [0.29, 0.717) is 13.2 Å². The summed E-state index contributed by atoms with van der Waals surface area (Å²) in [7, 11) is 0. The topological polar surface area (TPSA) is 18.5 Å². The summed E-state index contributed by atoms with van der Waals surface area (Å²) in [4.78, 5) is 0. The first kappa shape index (κ1) is 15.9. The number of fused-ring (bicyclic) bond motifs is 5. The van der Waals surface area contributed by atoms with Crippen molar-refractivity contribution in [1.82, 2.24) is 0 Å². The Hall–Kier alpha value is -1.64. The van der Waals surface area contributed by atoms with Gasteiger partial charge < -0.3 is 9.47 Å². The highest BCUT2D eigenvalue weighted by Gasteiger charge is 2.49. The molecule has 0 saturated heterocycles. The first-order valence-electron chi connectivity index (χ1n) is 9.22. The van der Waals surface area contributed by atoms with E-state index in [9.17, 15) is 0 Å². The van der Waals surface area contributed by atoms with Gasteiger partial charge in [-0.1, -0.05) is 48.5 Å². The fraction of sp³-hybridized carbons (Fsp3) is 0.455. The fourth-order valence-corrected chi connectivity index (χ4v) is 4.87. The van der Waals surface area contributed by atoms with E-state index in [0.717, 1.165) is 25.7 Å². The lowest BCUT2D eigenvalue weighted by Gasteiger charge is -2.45. The Morgan fingerprint density at radius 3 is 1.62 bits per heavy atom. The van der Waals surface area contributed by atoms with Crippen molar-refractivity contribution in [3.05, 3.63) is 59.7 Å². The van der Waals surface area contributed by atoms with Crippen LogP contribution in [0.5, 0.6) is 0 Å². The molecule has 0 aromatic heterocycles. The maximum absolute atomic E-state index is 6.07. The Morgan fingerprint density at radius 1 is 0.708 bits per heavy atom. The molecule has 0 amide bonds. The summed E-state index contributed by atoms with van der Waals surface area (Å²) in [6, 6.07) is 17.9. The molecule has 2 aliphatic rings. The molecule has 1 spiro atoms. The van der Waals surface area contributed by atoms with Crippen molar-refractivity contribution < 1.29 is 9.47 Å². The van der Waals surface area contributed by atoms with Crippen molar-refractivity contribution in [2.75, 3.05) is 13.2 Å². The van der Waals surface area contributed by atoms with E-state index in [4.69, 9.17) is 9.47 Å². The first-order valence-corrected chi connectivity index (χ1v) is 9.22. The van der Waals surface area contributed by atoms with Crippen molar-refractivity contribution in [1.29, 1.82) is 0 Å². The minimum Gasteiger partial charge on any atom is -0.350 e. The summed E-state index contributed by atoms with van der Waals surface area (Å²) in [5, 5.41) is 0. The molecule has 0 bridgehead atoms. The quantitative estimate of drug-likeness (QED) is 0.711. The van der Waals surface area contributed by atoms with Crippen molar-refractivity contribution >= 4 is 0 Å². The van der Waals surface area contributed by atoms with Gasteiger partial charge in [-0.3, -0.25) is 0 Å². The molecule has 1 fully saturated rings. The lowest BCUT2D eigenvalue weighted by atomic mass is 9.66. The van der Waals surface area contributed by atoms with Gasteiger partial charge in [0.15, 0.2) is 5.79 Å². The molecule has 0 radical (unpaired) electrons. The first-order chi connectivity index (χ1) is 11.7. The van der Waals surface area contributed by atoms with Crippen LogP contribution in [0, 0.1) is 0 Å². The van der Waals surface area contributed by atoms with Gasteiger partial charge in [0.2, 0.25) is 0 Å². The van der Waals surface area contributed by atoms with E-state index in [2.05, 4.69) is 62.4 Å². The van der Waals surface area contributed by atoms with Crippen LogP contribution >= 0.6 is 0 Å². The third kappa shape index (κ3) is 2.24. The second kappa shape index (κ2) is 6.02. The predicted octanol–water partition coefficient (Wildman–Crippen LogP) is 5.30. The van der Waals surface area contributed by atoms with E-state index in [1.807, 2.05) is 0 Å². The average Bonchev–Trinajstić information content (AvgIpc) is 2.89. The molecule has 1 saturated carbocycles. The minimum atomic E-state index is -0.388. The lowest BCUT2D eigenvalue weighted by Crippen LogP contribution is -2.45. The Balaban J connectivity index is 1.74. The van der Waals surface area contributed by atoms with Crippen molar-refractivity contribution in [3.63, 3.8) is 0 Å². The fourth-order valence-electron chi connectivity index (χ4n) is 4.87. The summed E-state index contributed by atoms with van der Waals surface area (Å²) in [6.07, 6.45) is 4.08. The van der Waals surface area contributed by atoms with Crippen LogP contribution in [0.3, 0.4) is 0 Å². The zero-order valence-corrected chi connectivity index (χ0v) is 14.7. The summed E-state index contributed by atoms with van der Waals surface area (Å²) >= 11 is 0. The van der Waals surface area contributed by atoms with Crippen molar-refractivity contribution in [2.24, 2.45) is 0 Å². The van der Waals surface area contributed by atoms with Crippen LogP contribution in [-0.4, -0.2) is 19.0 Å². The van der Waals surface area contributed by atoms with Gasteiger partial charge in [-0.05, 0) is 48.9 Å². The number of hydrogen-bond acceptors (Lipinski definition) is 2. The van der Waals surface area contributed by atoms with Crippen molar-refractivity contribution in [2.45, 2.75) is 50.7 Å². The highest BCUT2D eigenvalue weighted by Crippen LogP contribution is 2.57. The molecule has 2 nitrogen and oxygen atoms in total. The Bertz CT molecular complexity index is 671. The summed E-state index contributed by atoms with van der Waals surface area (Å²) < 4.78 is 12.1. The smallest absolute Gasteiger partial charge is 0.168 e.